The molecule has 0 aliphatic heterocycles. The summed E-state index contributed by atoms with van der Waals surface area (Å²) in [4.78, 5) is 0. The van der Waals surface area contributed by atoms with Crippen LogP contribution < -0.4 is 0 Å². The summed E-state index contributed by atoms with van der Waals surface area (Å²) in [6.45, 7) is 0. The lowest BCUT2D eigenvalue weighted by Gasteiger charge is -1.96. The molecule has 0 spiro atoms. The first kappa shape index (κ1) is 12.2. The summed E-state index contributed by atoms with van der Waals surface area (Å²) < 4.78 is 0. The summed E-state index contributed by atoms with van der Waals surface area (Å²) in [6, 6.07) is 14.8. The Balaban J connectivity index is 2.32. The van der Waals surface area contributed by atoms with Gasteiger partial charge in [-0.3, -0.25) is 0 Å². The summed E-state index contributed by atoms with van der Waals surface area (Å²) in [7, 11) is 0. The molecule has 1 N–H and O–H groups in total. The number of nitrogens with zero attached hydrogens (tertiary/aromatic N) is 1. The quantitative estimate of drug-likeness (QED) is 0.359. The van der Waals surface area contributed by atoms with E-state index in [4.69, 9.17) is 16.8 Å². The molecule has 0 heterocycles. The van der Waals surface area contributed by atoms with Crippen molar-refractivity contribution >= 4 is 17.8 Å². The average molecular weight is 256 g/mol. The van der Waals surface area contributed by atoms with E-state index in [1.165, 1.54) is 6.21 Å². The highest BCUT2D eigenvalue weighted by molar-refractivity contribution is 6.30. The standard InChI is InChI=1S/C15H10ClNO/c16-15-9-6-12(7-10-15)5-8-13-3-1-2-4-14(13)11-17-18/h1-4,6-7,9-11,18H/b17-11+. The number of benzene rings is 2. The van der Waals surface area contributed by atoms with Crippen molar-refractivity contribution in [3.05, 3.63) is 70.2 Å². The van der Waals surface area contributed by atoms with Crippen molar-refractivity contribution in [2.24, 2.45) is 5.16 Å². The third-order valence-corrected chi connectivity index (χ3v) is 2.60. The van der Waals surface area contributed by atoms with Gasteiger partial charge in [-0.15, -0.1) is 0 Å². The van der Waals surface area contributed by atoms with E-state index >= 15 is 0 Å². The minimum atomic E-state index is 0.688. The Hall–Kier alpha value is -2.24. The van der Waals surface area contributed by atoms with E-state index in [0.717, 1.165) is 16.7 Å². The Morgan fingerprint density at radius 3 is 2.44 bits per heavy atom. The van der Waals surface area contributed by atoms with Gasteiger partial charge in [0.15, 0.2) is 0 Å². The number of rotatable bonds is 1. The van der Waals surface area contributed by atoms with Gasteiger partial charge in [0, 0.05) is 21.7 Å². The van der Waals surface area contributed by atoms with Gasteiger partial charge in [0.2, 0.25) is 0 Å². The zero-order chi connectivity index (χ0) is 12.8. The number of halogens is 1. The maximum atomic E-state index is 8.57. The van der Waals surface area contributed by atoms with Gasteiger partial charge in [-0.2, -0.15) is 0 Å². The Kier molecular flexibility index (Phi) is 4.01. The van der Waals surface area contributed by atoms with Gasteiger partial charge in [0.25, 0.3) is 0 Å². The highest BCUT2D eigenvalue weighted by Crippen LogP contribution is 2.09. The van der Waals surface area contributed by atoms with Crippen LogP contribution in [0.3, 0.4) is 0 Å². The molecule has 0 fully saturated rings. The van der Waals surface area contributed by atoms with Gasteiger partial charge in [-0.05, 0) is 30.3 Å². The molecule has 0 atom stereocenters. The summed E-state index contributed by atoms with van der Waals surface area (Å²) in [5, 5.41) is 12.3. The van der Waals surface area contributed by atoms with Gasteiger partial charge >= 0.3 is 0 Å². The zero-order valence-electron chi connectivity index (χ0n) is 9.47. The molecule has 0 bridgehead atoms. The molecule has 2 aromatic carbocycles. The van der Waals surface area contributed by atoms with Crippen molar-refractivity contribution in [1.29, 1.82) is 0 Å². The highest BCUT2D eigenvalue weighted by atomic mass is 35.5. The molecule has 2 nitrogen and oxygen atoms in total. The number of hydrogen-bond acceptors (Lipinski definition) is 2. The maximum absolute atomic E-state index is 8.57. The van der Waals surface area contributed by atoms with Crippen LogP contribution in [0.15, 0.2) is 53.7 Å². The molecule has 0 aromatic heterocycles. The fourth-order valence-electron chi connectivity index (χ4n) is 1.46. The third kappa shape index (κ3) is 3.13. The van der Waals surface area contributed by atoms with E-state index < -0.39 is 0 Å². The van der Waals surface area contributed by atoms with Crippen molar-refractivity contribution in [1.82, 2.24) is 0 Å². The summed E-state index contributed by atoms with van der Waals surface area (Å²) in [6.07, 6.45) is 1.37. The number of oxime groups is 1. The first-order valence-electron chi connectivity index (χ1n) is 5.33. The minimum Gasteiger partial charge on any atom is -0.411 e. The van der Waals surface area contributed by atoms with E-state index in [0.29, 0.717) is 5.02 Å². The van der Waals surface area contributed by atoms with Crippen LogP contribution in [0.5, 0.6) is 0 Å². The largest absolute Gasteiger partial charge is 0.411 e. The van der Waals surface area contributed by atoms with Gasteiger partial charge in [0.1, 0.15) is 0 Å². The lowest BCUT2D eigenvalue weighted by atomic mass is 10.1. The summed E-state index contributed by atoms with van der Waals surface area (Å²) in [5.41, 5.74) is 2.47. The van der Waals surface area contributed by atoms with Gasteiger partial charge in [0.05, 0.1) is 6.21 Å². The Bertz CT molecular complexity index is 621. The molecule has 3 heteroatoms. The van der Waals surface area contributed by atoms with Gasteiger partial charge in [-0.1, -0.05) is 46.8 Å². The molecule has 0 aliphatic rings. The molecule has 2 aromatic rings. The molecule has 0 aliphatic carbocycles. The normalized spacial score (nSPS) is 10.1. The lowest BCUT2D eigenvalue weighted by molar-refractivity contribution is 0.322. The van der Waals surface area contributed by atoms with E-state index in [9.17, 15) is 0 Å². The molecule has 88 valence electrons. The Morgan fingerprint density at radius 1 is 1.00 bits per heavy atom. The first-order chi connectivity index (χ1) is 8.79. The average Bonchev–Trinajstić information content (AvgIpc) is 2.40. The number of hydrogen-bond donors (Lipinski definition) is 1. The van der Waals surface area contributed by atoms with E-state index in [2.05, 4.69) is 17.0 Å². The molecule has 0 radical (unpaired) electrons. The SMILES string of the molecule is O/N=C/c1ccccc1C#Cc1ccc(Cl)cc1. The van der Waals surface area contributed by atoms with Crippen LogP contribution in [0.4, 0.5) is 0 Å². The van der Waals surface area contributed by atoms with Crippen molar-refractivity contribution < 1.29 is 5.21 Å². The second-order valence-corrected chi connectivity index (χ2v) is 4.03. The van der Waals surface area contributed by atoms with Crippen LogP contribution in [-0.2, 0) is 0 Å². The lowest BCUT2D eigenvalue weighted by Crippen LogP contribution is -1.87. The molecular weight excluding hydrogens is 246 g/mol. The zero-order valence-corrected chi connectivity index (χ0v) is 10.2. The van der Waals surface area contributed by atoms with Gasteiger partial charge in [-0.25, -0.2) is 0 Å². The summed E-state index contributed by atoms with van der Waals surface area (Å²) >= 11 is 5.80. The fraction of sp³-hybridized carbons (Fsp3) is 0. The Labute approximate surface area is 111 Å². The van der Waals surface area contributed by atoms with Crippen LogP contribution >= 0.6 is 11.6 Å². The second-order valence-electron chi connectivity index (χ2n) is 3.59. The molecule has 0 unspecified atom stereocenters. The molecule has 0 saturated carbocycles. The second kappa shape index (κ2) is 5.90. The third-order valence-electron chi connectivity index (χ3n) is 2.34. The van der Waals surface area contributed by atoms with Crippen LogP contribution in [0, 0.1) is 11.8 Å². The van der Waals surface area contributed by atoms with E-state index in [1.54, 1.807) is 12.1 Å². The predicted molar refractivity (Wildman–Crippen MR) is 73.3 cm³/mol. The summed E-state index contributed by atoms with van der Waals surface area (Å²) in [5.74, 6) is 6.07. The highest BCUT2D eigenvalue weighted by Gasteiger charge is 1.95. The van der Waals surface area contributed by atoms with Crippen LogP contribution in [0.25, 0.3) is 0 Å². The van der Waals surface area contributed by atoms with Crippen LogP contribution in [0.2, 0.25) is 5.02 Å². The van der Waals surface area contributed by atoms with Crippen LogP contribution in [-0.4, -0.2) is 11.4 Å². The molecule has 2 rings (SSSR count). The molecule has 18 heavy (non-hydrogen) atoms. The van der Waals surface area contributed by atoms with Crippen molar-refractivity contribution in [3.8, 4) is 11.8 Å². The van der Waals surface area contributed by atoms with Crippen molar-refractivity contribution in [3.63, 3.8) is 0 Å². The fourth-order valence-corrected chi connectivity index (χ4v) is 1.58. The Morgan fingerprint density at radius 2 is 1.72 bits per heavy atom. The predicted octanol–water partition coefficient (Wildman–Crippen LogP) is 3.55. The topological polar surface area (TPSA) is 32.6 Å². The minimum absolute atomic E-state index is 0.688. The van der Waals surface area contributed by atoms with Crippen molar-refractivity contribution in [2.75, 3.05) is 0 Å². The van der Waals surface area contributed by atoms with Crippen molar-refractivity contribution in [2.45, 2.75) is 0 Å². The van der Waals surface area contributed by atoms with Crippen LogP contribution in [0.1, 0.15) is 16.7 Å². The van der Waals surface area contributed by atoms with Gasteiger partial charge < -0.3 is 5.21 Å². The van der Waals surface area contributed by atoms with E-state index in [-0.39, 0.29) is 0 Å². The molecular formula is C15H10ClNO. The monoisotopic (exact) mass is 255 g/mol. The first-order valence-corrected chi connectivity index (χ1v) is 5.71. The molecule has 0 amide bonds. The van der Waals surface area contributed by atoms with E-state index in [1.807, 2.05) is 36.4 Å². The maximum Gasteiger partial charge on any atom is 0.0746 e. The smallest absolute Gasteiger partial charge is 0.0746 e. The molecule has 0 saturated heterocycles.